The number of methoxy groups -OCH3 is 1. The van der Waals surface area contributed by atoms with E-state index in [1.165, 1.54) is 19.2 Å². The number of hydrogen-bond donors (Lipinski definition) is 1. The molecule has 0 aliphatic heterocycles. The lowest BCUT2D eigenvalue weighted by Gasteiger charge is -2.09. The Hall–Kier alpha value is -4.14. The van der Waals surface area contributed by atoms with Gasteiger partial charge in [-0.1, -0.05) is 24.3 Å². The monoisotopic (exact) mass is 453 g/mol. The number of carbonyl (C=O) groups is 1. The number of aryl methyl sites for hydroxylation is 1. The molecule has 0 saturated heterocycles. The number of ether oxygens (including phenoxy) is 1. The summed E-state index contributed by atoms with van der Waals surface area (Å²) in [5, 5.41) is 3.23. The van der Waals surface area contributed by atoms with Crippen molar-refractivity contribution in [2.45, 2.75) is 13.1 Å². The van der Waals surface area contributed by atoms with Crippen molar-refractivity contribution in [2.75, 3.05) is 12.4 Å². The van der Waals surface area contributed by atoms with Crippen molar-refractivity contribution in [3.63, 3.8) is 0 Å². The molecule has 2 aromatic carbocycles. The summed E-state index contributed by atoms with van der Waals surface area (Å²) in [7, 11) is 1.46. The second-order valence-corrected chi connectivity index (χ2v) is 7.12. The third-order valence-electron chi connectivity index (χ3n) is 4.74. The van der Waals surface area contributed by atoms with Gasteiger partial charge in [0.25, 0.3) is 5.91 Å². The molecule has 0 unspecified atom stereocenters. The zero-order valence-corrected chi connectivity index (χ0v) is 17.6. The zero-order chi connectivity index (χ0) is 23.6. The van der Waals surface area contributed by atoms with E-state index >= 15 is 0 Å². The number of anilines is 1. The highest BCUT2D eigenvalue weighted by Crippen LogP contribution is 2.31. The van der Waals surface area contributed by atoms with Crippen LogP contribution in [0.15, 0.2) is 76.1 Å². The van der Waals surface area contributed by atoms with Gasteiger partial charge in [-0.2, -0.15) is 13.2 Å². The van der Waals surface area contributed by atoms with Crippen LogP contribution < -0.4 is 15.6 Å². The summed E-state index contributed by atoms with van der Waals surface area (Å²) in [6.07, 6.45) is -4.54. The summed E-state index contributed by atoms with van der Waals surface area (Å²) >= 11 is 0. The van der Waals surface area contributed by atoms with Crippen LogP contribution in [0.5, 0.6) is 5.75 Å². The number of rotatable bonds is 4. The highest BCUT2D eigenvalue weighted by molar-refractivity contribution is 6.05. The molecule has 6 nitrogen and oxygen atoms in total. The van der Waals surface area contributed by atoms with Gasteiger partial charge >= 0.3 is 6.18 Å². The number of amides is 1. The van der Waals surface area contributed by atoms with E-state index in [1.807, 2.05) is 0 Å². The summed E-state index contributed by atoms with van der Waals surface area (Å²) in [6, 6.07) is 16.2. The van der Waals surface area contributed by atoms with Crippen molar-refractivity contribution in [3.05, 3.63) is 89.1 Å². The van der Waals surface area contributed by atoms with E-state index in [-0.39, 0.29) is 16.8 Å². The summed E-state index contributed by atoms with van der Waals surface area (Å²) in [4.78, 5) is 21.5. The standard InChI is InChI=1S/C24H18F3N3O3/c1-14-6-3-11-20(28-14)30-22(31)18-12-15-7-4-10-19(32-2)21(15)33-23(18)29-17-9-5-8-16(13-17)24(25,26)27/h3-13H,1-2H3,(H,28,30,31). The highest BCUT2D eigenvalue weighted by Gasteiger charge is 2.30. The molecule has 168 valence electrons. The van der Waals surface area contributed by atoms with Crippen molar-refractivity contribution >= 4 is 28.4 Å². The molecule has 2 aromatic heterocycles. The number of fused-ring (bicyclic) bond motifs is 1. The van der Waals surface area contributed by atoms with Gasteiger partial charge in [0.2, 0.25) is 5.55 Å². The molecule has 0 bridgehead atoms. The van der Waals surface area contributed by atoms with Gasteiger partial charge in [-0.15, -0.1) is 0 Å². The summed E-state index contributed by atoms with van der Waals surface area (Å²) in [5.74, 6) is 0.128. The third-order valence-corrected chi connectivity index (χ3v) is 4.74. The number of aromatic nitrogens is 1. The van der Waals surface area contributed by atoms with Crippen LogP contribution in [0, 0.1) is 6.92 Å². The summed E-state index contributed by atoms with van der Waals surface area (Å²) in [5.41, 5.74) is -0.0267. The smallest absolute Gasteiger partial charge is 0.416 e. The lowest BCUT2D eigenvalue weighted by Crippen LogP contribution is -2.22. The number of carbonyl (C=O) groups excluding carboxylic acids is 1. The molecule has 0 aliphatic rings. The fourth-order valence-electron chi connectivity index (χ4n) is 3.20. The first-order chi connectivity index (χ1) is 15.7. The lowest BCUT2D eigenvalue weighted by molar-refractivity contribution is -0.137. The van der Waals surface area contributed by atoms with Gasteiger partial charge in [-0.25, -0.2) is 9.98 Å². The van der Waals surface area contributed by atoms with Gasteiger partial charge in [-0.3, -0.25) is 4.79 Å². The Morgan fingerprint density at radius 2 is 1.82 bits per heavy atom. The van der Waals surface area contributed by atoms with E-state index in [0.717, 1.165) is 12.1 Å². The van der Waals surface area contributed by atoms with E-state index < -0.39 is 17.6 Å². The van der Waals surface area contributed by atoms with Gasteiger partial charge in [0, 0.05) is 11.1 Å². The number of nitrogens with one attached hydrogen (secondary N) is 1. The molecule has 0 aliphatic carbocycles. The largest absolute Gasteiger partial charge is 0.493 e. The van der Waals surface area contributed by atoms with Crippen molar-refractivity contribution < 1.29 is 27.1 Å². The fraction of sp³-hybridized carbons (Fsp3) is 0.125. The quantitative estimate of drug-likeness (QED) is 0.433. The van der Waals surface area contributed by atoms with Crippen LogP contribution in [0.4, 0.5) is 24.7 Å². The Bertz CT molecular complexity index is 1410. The minimum absolute atomic E-state index is 0.0226. The number of benzene rings is 2. The summed E-state index contributed by atoms with van der Waals surface area (Å²) < 4.78 is 50.6. The van der Waals surface area contributed by atoms with E-state index in [1.54, 1.807) is 49.4 Å². The molecule has 2 heterocycles. The van der Waals surface area contributed by atoms with Crippen LogP contribution in [-0.2, 0) is 6.18 Å². The molecule has 0 fully saturated rings. The Morgan fingerprint density at radius 1 is 1.06 bits per heavy atom. The Morgan fingerprint density at radius 3 is 2.55 bits per heavy atom. The maximum absolute atomic E-state index is 13.1. The van der Waals surface area contributed by atoms with Crippen molar-refractivity contribution in [1.82, 2.24) is 4.98 Å². The number of nitrogens with zero attached hydrogens (tertiary/aromatic N) is 2. The predicted molar refractivity (Wildman–Crippen MR) is 116 cm³/mol. The maximum Gasteiger partial charge on any atom is 0.416 e. The zero-order valence-electron chi connectivity index (χ0n) is 17.6. The van der Waals surface area contributed by atoms with Crippen LogP contribution in [0.25, 0.3) is 11.0 Å². The number of halogens is 3. The molecule has 1 amide bonds. The molecule has 0 atom stereocenters. The molecule has 1 N–H and O–H groups in total. The lowest BCUT2D eigenvalue weighted by atomic mass is 10.1. The number of pyridine rings is 1. The molecule has 0 radical (unpaired) electrons. The van der Waals surface area contributed by atoms with Gasteiger partial charge in [0.15, 0.2) is 11.3 Å². The van der Waals surface area contributed by atoms with Crippen LogP contribution in [0.3, 0.4) is 0 Å². The molecule has 33 heavy (non-hydrogen) atoms. The normalized spacial score (nSPS) is 12.1. The second-order valence-electron chi connectivity index (χ2n) is 7.12. The third kappa shape index (κ3) is 4.87. The predicted octanol–water partition coefficient (Wildman–Crippen LogP) is 5.65. The molecular formula is C24H18F3N3O3. The van der Waals surface area contributed by atoms with Gasteiger partial charge in [0.1, 0.15) is 11.4 Å². The molecule has 0 saturated carbocycles. The van der Waals surface area contributed by atoms with E-state index in [4.69, 9.17) is 9.15 Å². The van der Waals surface area contributed by atoms with Gasteiger partial charge in [0.05, 0.1) is 18.4 Å². The first-order valence-corrected chi connectivity index (χ1v) is 9.82. The summed E-state index contributed by atoms with van der Waals surface area (Å²) in [6.45, 7) is 1.78. The van der Waals surface area contributed by atoms with Gasteiger partial charge < -0.3 is 14.5 Å². The van der Waals surface area contributed by atoms with E-state index in [0.29, 0.717) is 28.2 Å². The van der Waals surface area contributed by atoms with Crippen molar-refractivity contribution in [1.29, 1.82) is 0 Å². The molecular weight excluding hydrogens is 435 g/mol. The average Bonchev–Trinajstić information content (AvgIpc) is 2.78. The minimum atomic E-state index is -4.54. The SMILES string of the molecule is COc1cccc2cc(C(=O)Nc3cccc(C)n3)c(=Nc3cccc(C(F)(F)F)c3)oc12. The Balaban J connectivity index is 1.89. The minimum Gasteiger partial charge on any atom is -0.493 e. The van der Waals surface area contributed by atoms with Crippen LogP contribution in [0.1, 0.15) is 21.6 Å². The molecule has 4 aromatic rings. The van der Waals surface area contributed by atoms with Crippen molar-refractivity contribution in [3.8, 4) is 5.75 Å². The Labute approximate surface area is 186 Å². The first kappa shape index (κ1) is 22.1. The van der Waals surface area contributed by atoms with E-state index in [9.17, 15) is 18.0 Å². The van der Waals surface area contributed by atoms with Crippen molar-refractivity contribution in [2.24, 2.45) is 4.99 Å². The molecule has 4 rings (SSSR count). The maximum atomic E-state index is 13.1. The molecule has 0 spiro atoms. The number of alkyl halides is 3. The van der Waals surface area contributed by atoms with Crippen LogP contribution >= 0.6 is 0 Å². The first-order valence-electron chi connectivity index (χ1n) is 9.82. The Kier molecular flexibility index (Phi) is 5.87. The molecule has 9 heteroatoms. The number of para-hydroxylation sites is 1. The van der Waals surface area contributed by atoms with E-state index in [2.05, 4.69) is 15.3 Å². The topological polar surface area (TPSA) is 76.7 Å². The highest BCUT2D eigenvalue weighted by atomic mass is 19.4. The average molecular weight is 453 g/mol. The second kappa shape index (κ2) is 8.78. The fourth-order valence-corrected chi connectivity index (χ4v) is 3.20. The van der Waals surface area contributed by atoms with Gasteiger partial charge in [-0.05, 0) is 49.4 Å². The van der Waals surface area contributed by atoms with Crippen LogP contribution in [0.2, 0.25) is 0 Å². The van der Waals surface area contributed by atoms with Crippen LogP contribution in [-0.4, -0.2) is 18.0 Å². The number of hydrogen-bond acceptors (Lipinski definition) is 5.